The molecule has 2 N–H and O–H groups in total. The molecule has 1 aliphatic rings. The summed E-state index contributed by atoms with van der Waals surface area (Å²) in [6.45, 7) is 3.46. The number of carbonyl (C=O) groups is 2. The number of hydrogen-bond acceptors (Lipinski definition) is 3. The summed E-state index contributed by atoms with van der Waals surface area (Å²) in [6.07, 6.45) is 1.34. The highest BCUT2D eigenvalue weighted by molar-refractivity contribution is 5.79. The number of likely N-dealkylation sites (tertiary alicyclic amines) is 1. The summed E-state index contributed by atoms with van der Waals surface area (Å²) in [5, 5.41) is 0. The number of nitrogens with two attached hydrogens (primary N) is 1. The lowest BCUT2D eigenvalue weighted by Crippen LogP contribution is -2.45. The molecular formula is C14H21N3O3. The first-order valence-corrected chi connectivity index (χ1v) is 6.82. The van der Waals surface area contributed by atoms with Crippen LogP contribution in [0.1, 0.15) is 24.4 Å². The van der Waals surface area contributed by atoms with Crippen LogP contribution in [0.15, 0.2) is 16.5 Å². The lowest BCUT2D eigenvalue weighted by atomic mass is 9.95. The van der Waals surface area contributed by atoms with Crippen molar-refractivity contribution in [1.82, 2.24) is 9.80 Å². The first kappa shape index (κ1) is 14.4. The van der Waals surface area contributed by atoms with Gasteiger partial charge in [0.1, 0.15) is 11.5 Å². The van der Waals surface area contributed by atoms with Gasteiger partial charge in [-0.25, -0.2) is 4.79 Å². The smallest absolute Gasteiger partial charge is 0.314 e. The number of aryl methyl sites for hydroxylation is 1. The van der Waals surface area contributed by atoms with Crippen molar-refractivity contribution in [3.05, 3.63) is 23.7 Å². The molecule has 1 fully saturated rings. The van der Waals surface area contributed by atoms with Crippen molar-refractivity contribution < 1.29 is 14.0 Å². The number of primary amides is 1. The molecule has 2 heterocycles. The molecule has 6 heteroatoms. The van der Waals surface area contributed by atoms with Crippen LogP contribution in [0.3, 0.4) is 0 Å². The maximum absolute atomic E-state index is 12.3. The van der Waals surface area contributed by atoms with Crippen LogP contribution < -0.4 is 5.73 Å². The monoisotopic (exact) mass is 279 g/mol. The van der Waals surface area contributed by atoms with Crippen LogP contribution in [0, 0.1) is 12.8 Å². The topological polar surface area (TPSA) is 79.8 Å². The number of carbonyl (C=O) groups excluding carboxylic acids is 2. The third-order valence-electron chi connectivity index (χ3n) is 3.72. The summed E-state index contributed by atoms with van der Waals surface area (Å²) in [5.41, 5.74) is 5.23. The number of nitrogens with zero attached hydrogens (tertiary/aromatic N) is 2. The normalized spacial score (nSPS) is 16.2. The Hall–Kier alpha value is -1.98. The molecule has 1 aliphatic heterocycles. The summed E-state index contributed by atoms with van der Waals surface area (Å²) in [6, 6.07) is 3.36. The molecule has 0 atom stereocenters. The zero-order valence-electron chi connectivity index (χ0n) is 12.0. The summed E-state index contributed by atoms with van der Waals surface area (Å²) >= 11 is 0. The van der Waals surface area contributed by atoms with Crippen LogP contribution in [-0.2, 0) is 11.3 Å². The highest BCUT2D eigenvalue weighted by atomic mass is 16.3. The van der Waals surface area contributed by atoms with Gasteiger partial charge in [-0.2, -0.15) is 0 Å². The van der Waals surface area contributed by atoms with Crippen molar-refractivity contribution in [3.8, 4) is 0 Å². The second-order valence-corrected chi connectivity index (χ2v) is 5.31. The summed E-state index contributed by atoms with van der Waals surface area (Å²) in [7, 11) is 1.78. The zero-order chi connectivity index (χ0) is 14.7. The molecule has 1 aromatic rings. The van der Waals surface area contributed by atoms with Crippen molar-refractivity contribution in [3.63, 3.8) is 0 Å². The Labute approximate surface area is 118 Å². The molecule has 110 valence electrons. The maximum atomic E-state index is 12.3. The zero-order valence-corrected chi connectivity index (χ0v) is 12.0. The van der Waals surface area contributed by atoms with Gasteiger partial charge in [0, 0.05) is 26.1 Å². The number of urea groups is 1. The Morgan fingerprint density at radius 3 is 2.55 bits per heavy atom. The van der Waals surface area contributed by atoms with Crippen molar-refractivity contribution in [2.45, 2.75) is 26.3 Å². The minimum Gasteiger partial charge on any atom is -0.464 e. The van der Waals surface area contributed by atoms with Gasteiger partial charge in [0.05, 0.1) is 6.54 Å². The van der Waals surface area contributed by atoms with Gasteiger partial charge in [0.15, 0.2) is 0 Å². The van der Waals surface area contributed by atoms with Crippen LogP contribution in [0.25, 0.3) is 0 Å². The molecule has 3 amide bonds. The van der Waals surface area contributed by atoms with E-state index in [1.54, 1.807) is 16.8 Å². The molecule has 0 unspecified atom stereocenters. The van der Waals surface area contributed by atoms with Crippen LogP contribution in [-0.4, -0.2) is 41.9 Å². The fourth-order valence-electron chi connectivity index (χ4n) is 2.54. The first-order valence-electron chi connectivity index (χ1n) is 6.82. The Balaban J connectivity index is 1.86. The number of hydrogen-bond donors (Lipinski definition) is 1. The van der Waals surface area contributed by atoms with E-state index in [4.69, 9.17) is 10.2 Å². The van der Waals surface area contributed by atoms with Gasteiger partial charge in [0.25, 0.3) is 0 Å². The fraction of sp³-hybridized carbons (Fsp3) is 0.571. The SMILES string of the molecule is Cc1ccc(CN(C)C(=O)C2CCN(C(N)=O)CC2)o1. The van der Waals surface area contributed by atoms with E-state index in [0.717, 1.165) is 11.5 Å². The van der Waals surface area contributed by atoms with E-state index in [0.29, 0.717) is 32.5 Å². The van der Waals surface area contributed by atoms with Gasteiger partial charge in [-0.3, -0.25) is 4.79 Å². The average Bonchev–Trinajstić information content (AvgIpc) is 2.83. The van der Waals surface area contributed by atoms with Crippen molar-refractivity contribution >= 4 is 11.9 Å². The third kappa shape index (κ3) is 3.31. The molecule has 2 rings (SSSR count). The molecular weight excluding hydrogens is 258 g/mol. The Morgan fingerprint density at radius 1 is 1.40 bits per heavy atom. The minimum absolute atomic E-state index is 0.0355. The number of rotatable bonds is 3. The summed E-state index contributed by atoms with van der Waals surface area (Å²) in [5.74, 6) is 1.69. The van der Waals surface area contributed by atoms with E-state index in [9.17, 15) is 9.59 Å². The summed E-state index contributed by atoms with van der Waals surface area (Å²) < 4.78 is 5.48. The highest BCUT2D eigenvalue weighted by Crippen LogP contribution is 2.20. The van der Waals surface area contributed by atoms with Gasteiger partial charge in [-0.05, 0) is 31.9 Å². The molecule has 0 aliphatic carbocycles. The Kier molecular flexibility index (Phi) is 4.32. The first-order chi connectivity index (χ1) is 9.47. The molecule has 0 saturated carbocycles. The maximum Gasteiger partial charge on any atom is 0.314 e. The number of amides is 3. The van der Waals surface area contributed by atoms with Gasteiger partial charge < -0.3 is 20.0 Å². The van der Waals surface area contributed by atoms with E-state index >= 15 is 0 Å². The lowest BCUT2D eigenvalue weighted by Gasteiger charge is -2.32. The van der Waals surface area contributed by atoms with Crippen LogP contribution in [0.2, 0.25) is 0 Å². The minimum atomic E-state index is -0.407. The Bertz CT molecular complexity index is 490. The summed E-state index contributed by atoms with van der Waals surface area (Å²) in [4.78, 5) is 26.7. The number of piperidine rings is 1. The van der Waals surface area contributed by atoms with Crippen LogP contribution in [0.4, 0.5) is 4.79 Å². The molecule has 0 spiro atoms. The van der Waals surface area contributed by atoms with E-state index in [2.05, 4.69) is 0 Å². The van der Waals surface area contributed by atoms with E-state index in [1.807, 2.05) is 19.1 Å². The molecule has 6 nitrogen and oxygen atoms in total. The molecule has 0 bridgehead atoms. The predicted molar refractivity (Wildman–Crippen MR) is 73.8 cm³/mol. The largest absolute Gasteiger partial charge is 0.464 e. The quantitative estimate of drug-likeness (QED) is 0.906. The standard InChI is InChI=1S/C14H21N3O3/c1-10-3-4-12(20-10)9-16(2)13(18)11-5-7-17(8-6-11)14(15)19/h3-4,11H,5-9H2,1-2H3,(H2,15,19). The number of furan rings is 1. The van der Waals surface area contributed by atoms with Crippen LogP contribution in [0.5, 0.6) is 0 Å². The van der Waals surface area contributed by atoms with E-state index in [-0.39, 0.29) is 11.8 Å². The van der Waals surface area contributed by atoms with Crippen molar-refractivity contribution in [2.24, 2.45) is 11.7 Å². The van der Waals surface area contributed by atoms with E-state index in [1.165, 1.54) is 0 Å². The van der Waals surface area contributed by atoms with Gasteiger partial charge in [0.2, 0.25) is 5.91 Å². The van der Waals surface area contributed by atoms with Gasteiger partial charge in [-0.15, -0.1) is 0 Å². The average molecular weight is 279 g/mol. The lowest BCUT2D eigenvalue weighted by molar-refractivity contribution is -0.136. The second kappa shape index (κ2) is 5.98. The third-order valence-corrected chi connectivity index (χ3v) is 3.72. The molecule has 0 aromatic carbocycles. The van der Waals surface area contributed by atoms with E-state index < -0.39 is 6.03 Å². The Morgan fingerprint density at radius 2 is 2.05 bits per heavy atom. The fourth-order valence-corrected chi connectivity index (χ4v) is 2.54. The van der Waals surface area contributed by atoms with Crippen LogP contribution >= 0.6 is 0 Å². The molecule has 1 aromatic heterocycles. The van der Waals surface area contributed by atoms with Crippen molar-refractivity contribution in [1.29, 1.82) is 0 Å². The highest BCUT2D eigenvalue weighted by Gasteiger charge is 2.28. The molecule has 0 radical (unpaired) electrons. The van der Waals surface area contributed by atoms with Gasteiger partial charge in [-0.1, -0.05) is 0 Å². The molecule has 1 saturated heterocycles. The predicted octanol–water partition coefficient (Wildman–Crippen LogP) is 1.34. The second-order valence-electron chi connectivity index (χ2n) is 5.31. The van der Waals surface area contributed by atoms with Crippen molar-refractivity contribution in [2.75, 3.05) is 20.1 Å². The van der Waals surface area contributed by atoms with Gasteiger partial charge >= 0.3 is 6.03 Å². The molecule has 20 heavy (non-hydrogen) atoms.